The van der Waals surface area contributed by atoms with Crippen LogP contribution in [0.25, 0.3) is 0 Å². The van der Waals surface area contributed by atoms with Gasteiger partial charge in [0.1, 0.15) is 5.82 Å². The molecule has 2 aliphatic heterocycles. The number of urea groups is 1. The number of halogens is 1. The Hall–Kier alpha value is -2.15. The van der Waals surface area contributed by atoms with Gasteiger partial charge in [0, 0.05) is 46.3 Å². The maximum Gasteiger partial charge on any atom is 0.328 e. The zero-order valence-corrected chi connectivity index (χ0v) is 13.2. The van der Waals surface area contributed by atoms with Crippen LogP contribution >= 0.6 is 0 Å². The summed E-state index contributed by atoms with van der Waals surface area (Å²) >= 11 is 0. The van der Waals surface area contributed by atoms with Crippen LogP contribution in [0.15, 0.2) is 18.2 Å². The molecule has 2 fully saturated rings. The molecule has 126 valence electrons. The molecular weight excluding hydrogens is 299 g/mol. The SMILES string of the molecule is CCN1CCN(c2ccc(N3CCC(=O)NC3=O)cc2F)CC1.[HH]. The first-order valence-electron chi connectivity index (χ1n) is 7.96. The highest BCUT2D eigenvalue weighted by molar-refractivity contribution is 6.05. The van der Waals surface area contributed by atoms with Crippen molar-refractivity contribution in [1.82, 2.24) is 10.2 Å². The van der Waals surface area contributed by atoms with Gasteiger partial charge in [-0.1, -0.05) is 6.92 Å². The molecule has 0 bridgehead atoms. The van der Waals surface area contributed by atoms with Crippen molar-refractivity contribution in [2.45, 2.75) is 13.3 Å². The number of piperazine rings is 1. The fraction of sp³-hybridized carbons (Fsp3) is 0.500. The van der Waals surface area contributed by atoms with Crippen LogP contribution in [0.1, 0.15) is 14.8 Å². The van der Waals surface area contributed by atoms with Crippen LogP contribution in [0.4, 0.5) is 20.6 Å². The van der Waals surface area contributed by atoms with Crippen LogP contribution in [-0.2, 0) is 4.79 Å². The molecule has 0 aromatic heterocycles. The number of amides is 3. The van der Waals surface area contributed by atoms with Gasteiger partial charge in [0.15, 0.2) is 0 Å². The Morgan fingerprint density at radius 3 is 2.52 bits per heavy atom. The van der Waals surface area contributed by atoms with Gasteiger partial charge in [-0.2, -0.15) is 0 Å². The first-order chi connectivity index (χ1) is 11.1. The van der Waals surface area contributed by atoms with E-state index in [1.807, 2.05) is 4.90 Å². The van der Waals surface area contributed by atoms with E-state index in [2.05, 4.69) is 17.1 Å². The summed E-state index contributed by atoms with van der Waals surface area (Å²) in [4.78, 5) is 28.8. The predicted octanol–water partition coefficient (Wildman–Crippen LogP) is 1.66. The Labute approximate surface area is 136 Å². The molecule has 2 heterocycles. The van der Waals surface area contributed by atoms with E-state index >= 15 is 0 Å². The second-order valence-corrected chi connectivity index (χ2v) is 5.81. The van der Waals surface area contributed by atoms with Crippen LogP contribution in [0.3, 0.4) is 0 Å². The van der Waals surface area contributed by atoms with Gasteiger partial charge >= 0.3 is 6.03 Å². The summed E-state index contributed by atoms with van der Waals surface area (Å²) in [5, 5.41) is 2.25. The van der Waals surface area contributed by atoms with Gasteiger partial charge in [0.05, 0.1) is 5.69 Å². The molecule has 0 saturated carbocycles. The van der Waals surface area contributed by atoms with Crippen molar-refractivity contribution in [1.29, 1.82) is 0 Å². The molecule has 2 saturated heterocycles. The first kappa shape index (κ1) is 15.7. The molecule has 2 aliphatic rings. The number of benzene rings is 1. The van der Waals surface area contributed by atoms with Gasteiger partial charge in [0.2, 0.25) is 5.91 Å². The number of carbonyl (C=O) groups is 2. The molecule has 1 aromatic carbocycles. The molecule has 0 radical (unpaired) electrons. The molecule has 7 heteroatoms. The van der Waals surface area contributed by atoms with Gasteiger partial charge in [0.25, 0.3) is 0 Å². The van der Waals surface area contributed by atoms with Crippen LogP contribution < -0.4 is 15.1 Å². The van der Waals surface area contributed by atoms with Crippen LogP contribution in [0, 0.1) is 5.82 Å². The monoisotopic (exact) mass is 322 g/mol. The van der Waals surface area contributed by atoms with E-state index in [9.17, 15) is 14.0 Å². The first-order valence-corrected chi connectivity index (χ1v) is 7.96. The summed E-state index contributed by atoms with van der Waals surface area (Å²) in [6.07, 6.45) is 0.230. The van der Waals surface area contributed by atoms with Crippen molar-refractivity contribution >= 4 is 23.3 Å². The predicted molar refractivity (Wildman–Crippen MR) is 88.3 cm³/mol. The van der Waals surface area contributed by atoms with E-state index in [0.717, 1.165) is 32.7 Å². The lowest BCUT2D eigenvalue weighted by molar-refractivity contribution is -0.120. The Kier molecular flexibility index (Phi) is 4.47. The Morgan fingerprint density at radius 2 is 1.91 bits per heavy atom. The van der Waals surface area contributed by atoms with E-state index in [1.165, 1.54) is 11.0 Å². The lowest BCUT2D eigenvalue weighted by Gasteiger charge is -2.36. The fourth-order valence-corrected chi connectivity index (χ4v) is 3.04. The highest BCUT2D eigenvalue weighted by atomic mass is 19.1. The molecule has 0 spiro atoms. The molecule has 6 nitrogen and oxygen atoms in total. The zero-order chi connectivity index (χ0) is 16.4. The highest BCUT2D eigenvalue weighted by Gasteiger charge is 2.25. The summed E-state index contributed by atoms with van der Waals surface area (Å²) in [6, 6.07) is 4.33. The topological polar surface area (TPSA) is 55.9 Å². The number of anilines is 2. The second kappa shape index (κ2) is 6.54. The standard InChI is InChI=1S/C16H21FN4O2.H2/c1-2-19-7-9-20(10-8-19)14-4-3-12(11-13(14)17)21-6-5-15(22)18-16(21)23;/h3-4,11H,2,5-10H2,1H3,(H,18,22,23);1H. The van der Waals surface area contributed by atoms with Crippen molar-refractivity contribution in [2.75, 3.05) is 49.1 Å². The fourth-order valence-electron chi connectivity index (χ4n) is 3.04. The Balaban J connectivity index is 0.00000208. The maximum absolute atomic E-state index is 14.5. The normalized spacial score (nSPS) is 19.9. The van der Waals surface area contributed by atoms with Gasteiger partial charge in [-0.3, -0.25) is 15.0 Å². The minimum atomic E-state index is -0.495. The Morgan fingerprint density at radius 1 is 1.17 bits per heavy atom. The van der Waals surface area contributed by atoms with Crippen LogP contribution in [0.2, 0.25) is 0 Å². The van der Waals surface area contributed by atoms with Crippen molar-refractivity contribution in [3.8, 4) is 0 Å². The lowest BCUT2D eigenvalue weighted by Crippen LogP contribution is -2.49. The summed E-state index contributed by atoms with van der Waals surface area (Å²) < 4.78 is 14.5. The second-order valence-electron chi connectivity index (χ2n) is 5.81. The third-order valence-electron chi connectivity index (χ3n) is 4.46. The van der Waals surface area contributed by atoms with Gasteiger partial charge < -0.3 is 9.80 Å². The molecule has 0 unspecified atom stereocenters. The lowest BCUT2D eigenvalue weighted by atomic mass is 10.2. The van der Waals surface area contributed by atoms with Gasteiger partial charge in [-0.25, -0.2) is 9.18 Å². The number of hydrogen-bond donors (Lipinski definition) is 1. The Bertz CT molecular complexity index is 620. The van der Waals surface area contributed by atoms with Crippen LogP contribution in [0.5, 0.6) is 0 Å². The van der Waals surface area contributed by atoms with Gasteiger partial charge in [-0.15, -0.1) is 0 Å². The number of likely N-dealkylation sites (N-methyl/N-ethyl adjacent to an activating group) is 1. The van der Waals surface area contributed by atoms with Crippen molar-refractivity contribution in [3.05, 3.63) is 24.0 Å². The molecule has 1 aromatic rings. The summed E-state index contributed by atoms with van der Waals surface area (Å²) in [5.74, 6) is -0.630. The average molecular weight is 322 g/mol. The summed E-state index contributed by atoms with van der Waals surface area (Å²) in [7, 11) is 0. The van der Waals surface area contributed by atoms with Crippen molar-refractivity contribution in [2.24, 2.45) is 0 Å². The molecule has 1 N–H and O–H groups in total. The third kappa shape index (κ3) is 3.29. The number of hydrogen-bond acceptors (Lipinski definition) is 4. The molecule has 0 atom stereocenters. The number of nitrogens with zero attached hydrogens (tertiary/aromatic N) is 3. The number of nitrogens with one attached hydrogen (secondary N) is 1. The highest BCUT2D eigenvalue weighted by Crippen LogP contribution is 2.26. The average Bonchev–Trinajstić information content (AvgIpc) is 2.55. The van der Waals surface area contributed by atoms with E-state index in [0.29, 0.717) is 11.4 Å². The van der Waals surface area contributed by atoms with Gasteiger partial charge in [-0.05, 0) is 24.7 Å². The molecular formula is C16H23FN4O2. The van der Waals surface area contributed by atoms with E-state index in [1.54, 1.807) is 12.1 Å². The minimum Gasteiger partial charge on any atom is -0.367 e. The molecule has 23 heavy (non-hydrogen) atoms. The maximum atomic E-state index is 14.5. The van der Waals surface area contributed by atoms with E-state index in [4.69, 9.17) is 0 Å². The number of rotatable bonds is 3. The number of imide groups is 1. The minimum absolute atomic E-state index is 0. The van der Waals surface area contributed by atoms with E-state index < -0.39 is 6.03 Å². The largest absolute Gasteiger partial charge is 0.367 e. The summed E-state index contributed by atoms with van der Waals surface area (Å²) in [5.41, 5.74) is 1.04. The van der Waals surface area contributed by atoms with Crippen LogP contribution in [-0.4, -0.2) is 56.1 Å². The molecule has 0 aliphatic carbocycles. The van der Waals surface area contributed by atoms with Crippen molar-refractivity contribution < 1.29 is 15.4 Å². The molecule has 3 rings (SSSR count). The smallest absolute Gasteiger partial charge is 0.328 e. The molecule has 3 amide bonds. The van der Waals surface area contributed by atoms with Crippen molar-refractivity contribution in [3.63, 3.8) is 0 Å². The zero-order valence-electron chi connectivity index (χ0n) is 13.2. The van der Waals surface area contributed by atoms with E-state index in [-0.39, 0.29) is 26.1 Å². The third-order valence-corrected chi connectivity index (χ3v) is 4.46. The number of carbonyl (C=O) groups excluding carboxylic acids is 2. The quantitative estimate of drug-likeness (QED) is 0.919. The summed E-state index contributed by atoms with van der Waals surface area (Å²) in [6.45, 7) is 6.85.